The van der Waals surface area contributed by atoms with Gasteiger partial charge in [0.25, 0.3) is 0 Å². The fourth-order valence-corrected chi connectivity index (χ4v) is 2.73. The van der Waals surface area contributed by atoms with Crippen LogP contribution in [-0.2, 0) is 6.42 Å². The second-order valence-electron chi connectivity index (χ2n) is 5.30. The number of rotatable bonds is 3. The van der Waals surface area contributed by atoms with Crippen molar-refractivity contribution in [3.8, 4) is 11.1 Å². The van der Waals surface area contributed by atoms with Crippen molar-refractivity contribution >= 4 is 0 Å². The molecule has 3 rings (SSSR count). The summed E-state index contributed by atoms with van der Waals surface area (Å²) in [6, 6.07) is 14.8. The molecule has 0 amide bonds. The van der Waals surface area contributed by atoms with Crippen LogP contribution in [0, 0.1) is 5.92 Å². The third kappa shape index (κ3) is 3.21. The van der Waals surface area contributed by atoms with Gasteiger partial charge in [0.05, 0.1) is 0 Å². The molecule has 2 heteroatoms. The van der Waals surface area contributed by atoms with E-state index in [0.717, 1.165) is 25.4 Å². The first-order valence-electron chi connectivity index (χ1n) is 7.13. The molecule has 0 radical (unpaired) electrons. The van der Waals surface area contributed by atoms with Crippen LogP contribution in [0.3, 0.4) is 0 Å². The number of nitrogens with one attached hydrogen (secondary N) is 1. The van der Waals surface area contributed by atoms with Gasteiger partial charge in [-0.3, -0.25) is 4.98 Å². The first kappa shape index (κ1) is 12.4. The summed E-state index contributed by atoms with van der Waals surface area (Å²) in [7, 11) is 0. The van der Waals surface area contributed by atoms with Crippen LogP contribution in [0.4, 0.5) is 0 Å². The number of piperidine rings is 1. The molecule has 0 atom stereocenters. The van der Waals surface area contributed by atoms with Gasteiger partial charge in [0.2, 0.25) is 0 Å². The normalized spacial score (nSPS) is 16.4. The fourth-order valence-electron chi connectivity index (χ4n) is 2.73. The van der Waals surface area contributed by atoms with E-state index in [2.05, 4.69) is 46.7 Å². The van der Waals surface area contributed by atoms with E-state index in [1.165, 1.54) is 29.7 Å². The van der Waals surface area contributed by atoms with Crippen LogP contribution in [-0.4, -0.2) is 18.1 Å². The zero-order valence-electron chi connectivity index (χ0n) is 11.2. The molecule has 1 N–H and O–H groups in total. The van der Waals surface area contributed by atoms with Crippen LogP contribution in [0.1, 0.15) is 18.5 Å². The number of hydrogen-bond acceptors (Lipinski definition) is 2. The summed E-state index contributed by atoms with van der Waals surface area (Å²) in [6.07, 6.45) is 5.69. The highest BCUT2D eigenvalue weighted by Gasteiger charge is 2.13. The lowest BCUT2D eigenvalue weighted by atomic mass is 9.93. The molecule has 0 spiro atoms. The molecular formula is C17H20N2. The Balaban J connectivity index is 1.68. The SMILES string of the molecule is c1ccc(-c2ccc(CC3CCNCC3)nc2)cc1. The number of hydrogen-bond donors (Lipinski definition) is 1. The van der Waals surface area contributed by atoms with Crippen LogP contribution in [0.25, 0.3) is 11.1 Å². The van der Waals surface area contributed by atoms with Gasteiger partial charge >= 0.3 is 0 Å². The second kappa shape index (κ2) is 5.98. The van der Waals surface area contributed by atoms with E-state index in [4.69, 9.17) is 0 Å². The Hall–Kier alpha value is -1.67. The van der Waals surface area contributed by atoms with Crippen molar-refractivity contribution in [2.75, 3.05) is 13.1 Å². The van der Waals surface area contributed by atoms with Crippen molar-refractivity contribution in [1.82, 2.24) is 10.3 Å². The lowest BCUT2D eigenvalue weighted by Gasteiger charge is -2.22. The molecule has 98 valence electrons. The summed E-state index contributed by atoms with van der Waals surface area (Å²) in [5, 5.41) is 3.41. The molecule has 2 aromatic rings. The molecule has 0 unspecified atom stereocenters. The highest BCUT2D eigenvalue weighted by Crippen LogP contribution is 2.20. The second-order valence-corrected chi connectivity index (χ2v) is 5.30. The van der Waals surface area contributed by atoms with Gasteiger partial charge in [-0.1, -0.05) is 36.4 Å². The fraction of sp³-hybridized carbons (Fsp3) is 0.353. The largest absolute Gasteiger partial charge is 0.317 e. The summed E-state index contributed by atoms with van der Waals surface area (Å²) < 4.78 is 0. The van der Waals surface area contributed by atoms with Crippen molar-refractivity contribution < 1.29 is 0 Å². The molecule has 0 bridgehead atoms. The predicted molar refractivity (Wildman–Crippen MR) is 79.0 cm³/mol. The van der Waals surface area contributed by atoms with Crippen molar-refractivity contribution in [2.24, 2.45) is 5.92 Å². The van der Waals surface area contributed by atoms with Crippen molar-refractivity contribution in [2.45, 2.75) is 19.3 Å². The van der Waals surface area contributed by atoms with Crippen LogP contribution < -0.4 is 5.32 Å². The number of aromatic nitrogens is 1. The molecule has 1 aromatic heterocycles. The van der Waals surface area contributed by atoms with E-state index in [-0.39, 0.29) is 0 Å². The lowest BCUT2D eigenvalue weighted by molar-refractivity contribution is 0.370. The van der Waals surface area contributed by atoms with Crippen LogP contribution in [0.5, 0.6) is 0 Å². The maximum Gasteiger partial charge on any atom is 0.0406 e. The maximum absolute atomic E-state index is 4.63. The average molecular weight is 252 g/mol. The molecule has 1 aliphatic rings. The van der Waals surface area contributed by atoms with E-state index in [1.54, 1.807) is 0 Å². The Morgan fingerprint density at radius 3 is 2.42 bits per heavy atom. The minimum absolute atomic E-state index is 0.802. The van der Waals surface area contributed by atoms with Gasteiger partial charge in [-0.15, -0.1) is 0 Å². The van der Waals surface area contributed by atoms with Gasteiger partial charge < -0.3 is 5.32 Å². The van der Waals surface area contributed by atoms with Gasteiger partial charge in [-0.05, 0) is 49.9 Å². The Kier molecular flexibility index (Phi) is 3.89. The number of benzene rings is 1. The zero-order chi connectivity index (χ0) is 12.9. The Bertz CT molecular complexity index is 499. The van der Waals surface area contributed by atoms with Crippen molar-refractivity contribution in [1.29, 1.82) is 0 Å². The topological polar surface area (TPSA) is 24.9 Å². The highest BCUT2D eigenvalue weighted by molar-refractivity contribution is 5.62. The monoisotopic (exact) mass is 252 g/mol. The smallest absolute Gasteiger partial charge is 0.0406 e. The van der Waals surface area contributed by atoms with Crippen molar-refractivity contribution in [3.05, 3.63) is 54.4 Å². The lowest BCUT2D eigenvalue weighted by Crippen LogP contribution is -2.28. The van der Waals surface area contributed by atoms with Gasteiger partial charge in [-0.25, -0.2) is 0 Å². The average Bonchev–Trinajstić information content (AvgIpc) is 2.50. The van der Waals surface area contributed by atoms with E-state index >= 15 is 0 Å². The first-order valence-corrected chi connectivity index (χ1v) is 7.13. The molecule has 1 saturated heterocycles. The molecule has 2 heterocycles. The maximum atomic E-state index is 4.63. The van der Waals surface area contributed by atoms with Gasteiger partial charge in [0.1, 0.15) is 0 Å². The van der Waals surface area contributed by atoms with E-state index < -0.39 is 0 Å². The molecule has 1 aromatic carbocycles. The van der Waals surface area contributed by atoms with Gasteiger partial charge in [0, 0.05) is 17.5 Å². The Morgan fingerprint density at radius 2 is 1.74 bits per heavy atom. The summed E-state index contributed by atoms with van der Waals surface area (Å²) >= 11 is 0. The van der Waals surface area contributed by atoms with Gasteiger partial charge in [0.15, 0.2) is 0 Å². The molecule has 0 saturated carbocycles. The van der Waals surface area contributed by atoms with Crippen molar-refractivity contribution in [3.63, 3.8) is 0 Å². The Morgan fingerprint density at radius 1 is 0.947 bits per heavy atom. The summed E-state index contributed by atoms with van der Waals surface area (Å²) in [5.41, 5.74) is 3.67. The third-order valence-electron chi connectivity index (χ3n) is 3.89. The first-order chi connectivity index (χ1) is 9.42. The molecule has 19 heavy (non-hydrogen) atoms. The molecule has 1 aliphatic heterocycles. The third-order valence-corrected chi connectivity index (χ3v) is 3.89. The Labute approximate surface area is 114 Å². The van der Waals surface area contributed by atoms with Crippen LogP contribution in [0.15, 0.2) is 48.7 Å². The predicted octanol–water partition coefficient (Wildman–Crippen LogP) is 3.29. The van der Waals surface area contributed by atoms with Gasteiger partial charge in [-0.2, -0.15) is 0 Å². The highest BCUT2D eigenvalue weighted by atomic mass is 14.9. The van der Waals surface area contributed by atoms with E-state index in [0.29, 0.717) is 0 Å². The standard InChI is InChI=1S/C17H20N2/c1-2-4-15(5-3-1)16-6-7-17(19-13-16)12-14-8-10-18-11-9-14/h1-7,13-14,18H,8-12H2. The summed E-state index contributed by atoms with van der Waals surface area (Å²) in [6.45, 7) is 2.32. The van der Waals surface area contributed by atoms with Crippen LogP contribution in [0.2, 0.25) is 0 Å². The zero-order valence-corrected chi connectivity index (χ0v) is 11.2. The molecule has 0 aliphatic carbocycles. The van der Waals surface area contributed by atoms with E-state index in [1.807, 2.05) is 12.3 Å². The molecule has 1 fully saturated rings. The minimum atomic E-state index is 0.802. The molecule has 2 nitrogen and oxygen atoms in total. The number of nitrogens with zero attached hydrogens (tertiary/aromatic N) is 1. The van der Waals surface area contributed by atoms with E-state index in [9.17, 15) is 0 Å². The number of pyridine rings is 1. The molecular weight excluding hydrogens is 232 g/mol. The summed E-state index contributed by atoms with van der Waals surface area (Å²) in [5.74, 6) is 0.802. The minimum Gasteiger partial charge on any atom is -0.317 e. The van der Waals surface area contributed by atoms with Crippen LogP contribution >= 0.6 is 0 Å². The quantitative estimate of drug-likeness (QED) is 0.906. The summed E-state index contributed by atoms with van der Waals surface area (Å²) in [4.78, 5) is 4.63.